The van der Waals surface area contributed by atoms with Gasteiger partial charge in [0.25, 0.3) is 0 Å². The molecule has 2 aliphatic heterocycles. The van der Waals surface area contributed by atoms with Gasteiger partial charge in [-0.1, -0.05) is 67.6 Å². The Hall–Kier alpha value is -3.29. The van der Waals surface area contributed by atoms with Gasteiger partial charge in [0.05, 0.1) is 5.92 Å². The van der Waals surface area contributed by atoms with Gasteiger partial charge in [-0.3, -0.25) is 4.90 Å². The molecule has 0 bridgehead atoms. The highest BCUT2D eigenvalue weighted by Gasteiger charge is 2.34. The van der Waals surface area contributed by atoms with Crippen molar-refractivity contribution in [2.45, 2.75) is 19.3 Å². The van der Waals surface area contributed by atoms with Crippen LogP contribution in [-0.2, 0) is 4.74 Å². The Morgan fingerprint density at radius 1 is 1.07 bits per heavy atom. The molecule has 146 valence electrons. The van der Waals surface area contributed by atoms with Crippen LogP contribution in [0.2, 0.25) is 0 Å². The Morgan fingerprint density at radius 2 is 1.76 bits per heavy atom. The van der Waals surface area contributed by atoms with E-state index in [-0.39, 0.29) is 11.8 Å². The third-order valence-corrected chi connectivity index (χ3v) is 5.47. The summed E-state index contributed by atoms with van der Waals surface area (Å²) in [5.41, 5.74) is 11.2. The average Bonchev–Trinajstić information content (AvgIpc) is 2.93. The lowest BCUT2D eigenvalue weighted by Crippen LogP contribution is -2.31. The van der Waals surface area contributed by atoms with Crippen LogP contribution in [0, 0.1) is 11.3 Å². The van der Waals surface area contributed by atoms with E-state index in [1.807, 2.05) is 24.3 Å². The summed E-state index contributed by atoms with van der Waals surface area (Å²) in [5, 5.41) is 9.83. The molecular formula is C25H25N3O. The number of benzene rings is 2. The first-order chi connectivity index (χ1) is 14.2. The molecular weight excluding hydrogens is 358 g/mol. The van der Waals surface area contributed by atoms with Crippen LogP contribution in [0.15, 0.2) is 89.5 Å². The molecule has 0 spiro atoms. The molecule has 0 saturated carbocycles. The molecule has 0 radical (unpaired) electrons. The van der Waals surface area contributed by atoms with Crippen molar-refractivity contribution in [1.29, 1.82) is 5.26 Å². The van der Waals surface area contributed by atoms with Gasteiger partial charge in [0.1, 0.15) is 17.4 Å². The van der Waals surface area contributed by atoms with Gasteiger partial charge in [0.15, 0.2) is 0 Å². The topological polar surface area (TPSA) is 62.3 Å². The van der Waals surface area contributed by atoms with Gasteiger partial charge >= 0.3 is 0 Å². The fraction of sp³-hybridized carbons (Fsp3) is 0.240. The third kappa shape index (κ3) is 3.83. The van der Waals surface area contributed by atoms with Crippen LogP contribution in [0.4, 0.5) is 0 Å². The molecule has 0 aromatic heterocycles. The Morgan fingerprint density at radius 3 is 2.41 bits per heavy atom. The summed E-state index contributed by atoms with van der Waals surface area (Å²) in [4.78, 5) is 2.43. The molecule has 2 aromatic carbocycles. The second-order valence-corrected chi connectivity index (χ2v) is 7.47. The van der Waals surface area contributed by atoms with Crippen molar-refractivity contribution in [1.82, 2.24) is 4.90 Å². The Labute approximate surface area is 172 Å². The summed E-state index contributed by atoms with van der Waals surface area (Å²) in [5.74, 6) is 0.788. The van der Waals surface area contributed by atoms with Gasteiger partial charge in [-0.2, -0.15) is 5.26 Å². The molecule has 0 saturated heterocycles. The van der Waals surface area contributed by atoms with Crippen LogP contribution >= 0.6 is 0 Å². The van der Waals surface area contributed by atoms with Crippen molar-refractivity contribution >= 4 is 5.57 Å². The summed E-state index contributed by atoms with van der Waals surface area (Å²) in [6, 6.07) is 22.8. The van der Waals surface area contributed by atoms with Gasteiger partial charge < -0.3 is 10.5 Å². The number of nitriles is 1. The van der Waals surface area contributed by atoms with Gasteiger partial charge in [-0.15, -0.1) is 0 Å². The van der Waals surface area contributed by atoms with Gasteiger partial charge in [0, 0.05) is 13.1 Å². The predicted octanol–water partition coefficient (Wildman–Crippen LogP) is 4.56. The quantitative estimate of drug-likeness (QED) is 0.841. The van der Waals surface area contributed by atoms with E-state index in [0.29, 0.717) is 5.57 Å². The highest BCUT2D eigenvalue weighted by atomic mass is 16.5. The van der Waals surface area contributed by atoms with Crippen molar-refractivity contribution in [3.8, 4) is 6.07 Å². The van der Waals surface area contributed by atoms with E-state index < -0.39 is 0 Å². The van der Waals surface area contributed by atoms with E-state index in [1.54, 1.807) is 0 Å². The smallest absolute Gasteiger partial charge is 0.205 e. The number of nitrogens with two attached hydrogens (primary N) is 1. The molecule has 2 aliphatic rings. The zero-order valence-electron chi connectivity index (χ0n) is 16.6. The number of nitrogens with zero attached hydrogens (tertiary/aromatic N) is 2. The van der Waals surface area contributed by atoms with Crippen molar-refractivity contribution < 1.29 is 4.74 Å². The molecule has 0 aliphatic carbocycles. The number of allylic oxidation sites excluding steroid dienone is 2. The minimum atomic E-state index is -0.185. The molecule has 0 amide bonds. The summed E-state index contributed by atoms with van der Waals surface area (Å²) < 4.78 is 6.02. The second kappa shape index (κ2) is 8.38. The van der Waals surface area contributed by atoms with Crippen LogP contribution < -0.4 is 5.73 Å². The van der Waals surface area contributed by atoms with E-state index in [2.05, 4.69) is 60.4 Å². The normalized spacial score (nSPS) is 19.7. The van der Waals surface area contributed by atoms with E-state index in [4.69, 9.17) is 10.5 Å². The lowest BCUT2D eigenvalue weighted by Gasteiger charge is -2.30. The minimum Gasteiger partial charge on any atom is -0.440 e. The predicted molar refractivity (Wildman–Crippen MR) is 115 cm³/mol. The largest absolute Gasteiger partial charge is 0.440 e. The molecule has 1 atom stereocenters. The third-order valence-electron chi connectivity index (χ3n) is 5.47. The van der Waals surface area contributed by atoms with Gasteiger partial charge in [-0.25, -0.2) is 0 Å². The summed E-state index contributed by atoms with van der Waals surface area (Å²) in [6.45, 7) is 4.74. The van der Waals surface area contributed by atoms with Crippen LogP contribution in [-0.4, -0.2) is 24.5 Å². The van der Waals surface area contributed by atoms with Crippen LogP contribution in [0.5, 0.6) is 0 Å². The Balaban J connectivity index is 1.86. The van der Waals surface area contributed by atoms with Crippen LogP contribution in [0.25, 0.3) is 5.57 Å². The molecule has 4 nitrogen and oxygen atoms in total. The molecule has 0 fully saturated rings. The lowest BCUT2D eigenvalue weighted by atomic mass is 9.83. The first-order valence-electron chi connectivity index (χ1n) is 10.0. The number of hydrogen-bond donors (Lipinski definition) is 1. The number of rotatable bonds is 4. The van der Waals surface area contributed by atoms with Crippen molar-refractivity contribution in [3.05, 3.63) is 101 Å². The maximum absolute atomic E-state index is 9.83. The zero-order valence-corrected chi connectivity index (χ0v) is 16.6. The molecule has 1 unspecified atom stereocenters. The van der Waals surface area contributed by atoms with Crippen molar-refractivity contribution in [2.75, 3.05) is 19.6 Å². The fourth-order valence-corrected chi connectivity index (χ4v) is 4.16. The van der Waals surface area contributed by atoms with E-state index in [9.17, 15) is 5.26 Å². The first kappa shape index (κ1) is 19.0. The van der Waals surface area contributed by atoms with Crippen molar-refractivity contribution in [2.24, 2.45) is 5.73 Å². The Kier molecular flexibility index (Phi) is 5.50. The number of hydrogen-bond acceptors (Lipinski definition) is 4. The molecule has 2 heterocycles. The second-order valence-electron chi connectivity index (χ2n) is 7.47. The monoisotopic (exact) mass is 383 g/mol. The maximum atomic E-state index is 9.83. The zero-order chi connectivity index (χ0) is 20.2. The summed E-state index contributed by atoms with van der Waals surface area (Å²) in [6.07, 6.45) is 3.17. The Bertz CT molecular complexity index is 1010. The highest BCUT2D eigenvalue weighted by Crippen LogP contribution is 2.41. The highest BCUT2D eigenvalue weighted by molar-refractivity contribution is 5.71. The summed E-state index contributed by atoms with van der Waals surface area (Å²) in [7, 11) is 0. The van der Waals surface area contributed by atoms with E-state index in [0.717, 1.165) is 43.0 Å². The fourth-order valence-electron chi connectivity index (χ4n) is 4.16. The standard InChI is InChI=1S/C25H25N3O/c1-2-13-28-16-20(18-9-5-3-6-10-18)14-23-22(17-28)24(19-11-7-4-8-12-19)21(15-26)25(27)29-23/h3-12,14,24H,2,13,16-17,27H2,1H3. The molecule has 4 rings (SSSR count). The molecule has 4 heteroatoms. The lowest BCUT2D eigenvalue weighted by molar-refractivity contribution is 0.278. The van der Waals surface area contributed by atoms with Gasteiger partial charge in [-0.05, 0) is 41.3 Å². The SMILES string of the molecule is CCCN1CC(c2ccccc2)=CC2=C(C1)C(c1ccccc1)C(C#N)=C(N)O2. The van der Waals surface area contributed by atoms with Crippen LogP contribution in [0.3, 0.4) is 0 Å². The first-order valence-corrected chi connectivity index (χ1v) is 10.0. The van der Waals surface area contributed by atoms with Gasteiger partial charge in [0.2, 0.25) is 5.88 Å². The average molecular weight is 383 g/mol. The van der Waals surface area contributed by atoms with Crippen LogP contribution in [0.1, 0.15) is 30.4 Å². The molecule has 29 heavy (non-hydrogen) atoms. The molecule has 2 N–H and O–H groups in total. The van der Waals surface area contributed by atoms with E-state index >= 15 is 0 Å². The minimum absolute atomic E-state index is 0.185. The number of ether oxygens (including phenoxy) is 1. The van der Waals surface area contributed by atoms with Crippen molar-refractivity contribution in [3.63, 3.8) is 0 Å². The summed E-state index contributed by atoms with van der Waals surface area (Å²) >= 11 is 0. The molecule has 2 aromatic rings. The maximum Gasteiger partial charge on any atom is 0.205 e. The van der Waals surface area contributed by atoms with E-state index in [1.165, 1.54) is 11.1 Å².